The molecule has 0 fully saturated rings. The van der Waals surface area contributed by atoms with Gasteiger partial charge in [0.15, 0.2) is 12.4 Å². The maximum atomic E-state index is 12.7. The third-order valence-corrected chi connectivity index (χ3v) is 3.09. The highest BCUT2D eigenvalue weighted by Gasteiger charge is 2.34. The number of hydrogen-bond acceptors (Lipinski definition) is 4. The Balaban J connectivity index is 3.33. The number of aromatic nitrogens is 1. The average molecular weight is 365 g/mol. The van der Waals surface area contributed by atoms with Crippen molar-refractivity contribution in [2.45, 2.75) is 73.0 Å². The van der Waals surface area contributed by atoms with Crippen LogP contribution in [-0.2, 0) is 22.9 Å². The first-order chi connectivity index (χ1) is 11.7. The molecule has 0 saturated heterocycles. The first kappa shape index (κ1) is 21.9. The van der Waals surface area contributed by atoms with Crippen molar-refractivity contribution in [3.05, 3.63) is 24.0 Å². The number of carbonyl (C=O) groups excluding carboxylic acids is 2. The number of amides is 2. The molecular weight excluding hydrogens is 332 g/mol. The lowest BCUT2D eigenvalue weighted by atomic mass is 10.0. The summed E-state index contributed by atoms with van der Waals surface area (Å²) < 4.78 is 12.7. The number of ether oxygens (including phenoxy) is 2. The quantitative estimate of drug-likeness (QED) is 0.746. The third kappa shape index (κ3) is 7.42. The van der Waals surface area contributed by atoms with Crippen molar-refractivity contribution in [2.75, 3.05) is 4.90 Å². The zero-order valence-electron chi connectivity index (χ0n) is 17.5. The molecule has 0 aliphatic rings. The van der Waals surface area contributed by atoms with Gasteiger partial charge in [0.25, 0.3) is 0 Å². The number of anilines is 1. The lowest BCUT2D eigenvalue weighted by Gasteiger charge is -2.28. The summed E-state index contributed by atoms with van der Waals surface area (Å²) in [7, 11) is 1.86. The van der Waals surface area contributed by atoms with Crippen molar-refractivity contribution in [3.8, 4) is 0 Å². The Morgan fingerprint density at radius 3 is 1.85 bits per heavy atom. The Kier molecular flexibility index (Phi) is 6.80. The van der Waals surface area contributed by atoms with E-state index in [0.29, 0.717) is 11.6 Å². The zero-order chi connectivity index (χ0) is 20.3. The largest absolute Gasteiger partial charge is 0.443 e. The van der Waals surface area contributed by atoms with Gasteiger partial charge in [-0.05, 0) is 59.9 Å². The van der Waals surface area contributed by atoms with Gasteiger partial charge in [-0.3, -0.25) is 0 Å². The molecule has 26 heavy (non-hydrogen) atoms. The van der Waals surface area contributed by atoms with E-state index in [9.17, 15) is 9.59 Å². The number of nitrogens with zero attached hydrogens (tertiary/aromatic N) is 2. The van der Waals surface area contributed by atoms with Gasteiger partial charge in [-0.25, -0.2) is 14.2 Å². The Bertz CT molecular complexity index is 627. The Morgan fingerprint density at radius 1 is 1.00 bits per heavy atom. The van der Waals surface area contributed by atoms with Gasteiger partial charge in [-0.15, -0.1) is 0 Å². The van der Waals surface area contributed by atoms with Crippen molar-refractivity contribution in [3.63, 3.8) is 0 Å². The highest BCUT2D eigenvalue weighted by Crippen LogP contribution is 2.22. The molecule has 2 amide bonds. The highest BCUT2D eigenvalue weighted by atomic mass is 16.6. The monoisotopic (exact) mass is 365 g/mol. The fourth-order valence-corrected chi connectivity index (χ4v) is 2.38. The van der Waals surface area contributed by atoms with E-state index in [1.54, 1.807) is 47.7 Å². The number of hydrogen-bond donors (Lipinski definition) is 0. The van der Waals surface area contributed by atoms with E-state index in [0.717, 1.165) is 16.9 Å². The second kappa shape index (κ2) is 8.06. The minimum Gasteiger partial charge on any atom is -0.443 e. The van der Waals surface area contributed by atoms with E-state index < -0.39 is 23.4 Å². The molecule has 0 aromatic carbocycles. The van der Waals surface area contributed by atoms with Crippen LogP contribution in [0.15, 0.2) is 18.5 Å². The number of pyridine rings is 1. The summed E-state index contributed by atoms with van der Waals surface area (Å²) in [5, 5.41) is 0. The van der Waals surface area contributed by atoms with Crippen LogP contribution in [0.4, 0.5) is 15.3 Å². The molecule has 1 rings (SSSR count). The molecule has 1 aromatic heterocycles. The van der Waals surface area contributed by atoms with Crippen LogP contribution in [0.1, 0.15) is 61.0 Å². The number of aryl methyl sites for hydroxylation is 1. The normalized spacial score (nSPS) is 12.1. The van der Waals surface area contributed by atoms with E-state index in [2.05, 4.69) is 13.8 Å². The van der Waals surface area contributed by atoms with E-state index in [1.807, 2.05) is 23.9 Å². The molecular formula is C20H33N2O4+. The molecule has 146 valence electrons. The fraction of sp³-hybridized carbons (Fsp3) is 0.650. The molecule has 1 heterocycles. The van der Waals surface area contributed by atoms with Gasteiger partial charge in [-0.2, -0.15) is 4.90 Å². The molecule has 0 atom stereocenters. The van der Waals surface area contributed by atoms with Crippen LogP contribution in [0.3, 0.4) is 0 Å². The lowest BCUT2D eigenvalue weighted by Crippen LogP contribution is -2.45. The van der Waals surface area contributed by atoms with Gasteiger partial charge >= 0.3 is 12.2 Å². The van der Waals surface area contributed by atoms with Crippen molar-refractivity contribution in [1.29, 1.82) is 0 Å². The molecule has 0 saturated carbocycles. The van der Waals surface area contributed by atoms with Crippen molar-refractivity contribution in [1.82, 2.24) is 0 Å². The minimum atomic E-state index is -0.756. The zero-order valence-corrected chi connectivity index (χ0v) is 17.5. The predicted octanol–water partition coefficient (Wildman–Crippen LogP) is 4.39. The molecule has 0 N–H and O–H groups in total. The average Bonchev–Trinajstić information content (AvgIpc) is 2.31. The highest BCUT2D eigenvalue weighted by molar-refractivity contribution is 6.09. The fourth-order valence-electron chi connectivity index (χ4n) is 2.38. The number of rotatable bonds is 3. The third-order valence-electron chi connectivity index (χ3n) is 3.09. The van der Waals surface area contributed by atoms with E-state index >= 15 is 0 Å². The summed E-state index contributed by atoms with van der Waals surface area (Å²) in [4.78, 5) is 26.4. The van der Waals surface area contributed by atoms with Gasteiger partial charge < -0.3 is 9.47 Å². The molecule has 0 bridgehead atoms. The van der Waals surface area contributed by atoms with Crippen LogP contribution in [0.25, 0.3) is 0 Å². The smallest absolute Gasteiger partial charge is 0.424 e. The number of imide groups is 1. The Morgan fingerprint density at radius 2 is 1.46 bits per heavy atom. The SMILES string of the molecule is CC(C)Cc1cc(N(C(=O)OC(C)(C)C)C(=O)OC(C)(C)C)c[n+](C)c1. The topological polar surface area (TPSA) is 59.7 Å². The van der Waals surface area contributed by atoms with Crippen molar-refractivity contribution < 1.29 is 23.6 Å². The molecule has 1 aromatic rings. The van der Waals surface area contributed by atoms with Gasteiger partial charge in [-0.1, -0.05) is 13.8 Å². The minimum absolute atomic E-state index is 0.425. The molecule has 0 spiro atoms. The summed E-state index contributed by atoms with van der Waals surface area (Å²) in [5.74, 6) is 0.446. The lowest BCUT2D eigenvalue weighted by molar-refractivity contribution is -0.671. The second-order valence-corrected chi connectivity index (χ2v) is 8.96. The molecule has 0 unspecified atom stereocenters. The van der Waals surface area contributed by atoms with Gasteiger partial charge in [0.05, 0.1) is 0 Å². The first-order valence-corrected chi connectivity index (χ1v) is 8.93. The van der Waals surface area contributed by atoms with Gasteiger partial charge in [0.1, 0.15) is 23.9 Å². The molecule has 0 aliphatic heterocycles. The van der Waals surface area contributed by atoms with Gasteiger partial charge in [0.2, 0.25) is 0 Å². The van der Waals surface area contributed by atoms with Crippen LogP contribution in [0.2, 0.25) is 0 Å². The predicted molar refractivity (Wildman–Crippen MR) is 101 cm³/mol. The van der Waals surface area contributed by atoms with E-state index in [1.165, 1.54) is 0 Å². The van der Waals surface area contributed by atoms with E-state index in [4.69, 9.17) is 9.47 Å². The molecule has 6 heteroatoms. The summed E-state index contributed by atoms with van der Waals surface area (Å²) in [5.41, 5.74) is -0.00397. The first-order valence-electron chi connectivity index (χ1n) is 8.93. The van der Waals surface area contributed by atoms with Crippen molar-refractivity contribution in [2.24, 2.45) is 13.0 Å². The maximum absolute atomic E-state index is 12.7. The standard InChI is InChI=1S/C20H33N2O4/c1-14(2)10-15-11-16(13-21(9)12-15)22(17(23)25-19(3,4)5)18(24)26-20(6,7)8/h11-14H,10H2,1-9H3/q+1. The number of carbonyl (C=O) groups is 2. The molecule has 0 radical (unpaired) electrons. The van der Waals surface area contributed by atoms with Crippen LogP contribution in [0, 0.1) is 5.92 Å². The van der Waals surface area contributed by atoms with Crippen molar-refractivity contribution >= 4 is 17.9 Å². The second-order valence-electron chi connectivity index (χ2n) is 8.96. The Labute approximate surface area is 157 Å². The van der Waals surface area contributed by atoms with Crippen LogP contribution in [0.5, 0.6) is 0 Å². The molecule has 6 nitrogen and oxygen atoms in total. The molecule has 0 aliphatic carbocycles. The van der Waals surface area contributed by atoms with Crippen LogP contribution in [-0.4, -0.2) is 23.4 Å². The van der Waals surface area contributed by atoms with Gasteiger partial charge in [0, 0.05) is 5.56 Å². The maximum Gasteiger partial charge on any atom is 0.424 e. The summed E-state index contributed by atoms with van der Waals surface area (Å²) in [6.45, 7) is 14.8. The summed E-state index contributed by atoms with van der Waals surface area (Å²) in [6.07, 6.45) is 3.00. The van der Waals surface area contributed by atoms with E-state index in [-0.39, 0.29) is 0 Å². The van der Waals surface area contributed by atoms with Crippen LogP contribution < -0.4 is 9.47 Å². The Hall–Kier alpha value is -2.11. The summed E-state index contributed by atoms with van der Waals surface area (Å²) in [6, 6.07) is 1.83. The summed E-state index contributed by atoms with van der Waals surface area (Å²) >= 11 is 0. The van der Waals surface area contributed by atoms with Crippen LogP contribution >= 0.6 is 0 Å².